The van der Waals surface area contributed by atoms with Gasteiger partial charge in [0.25, 0.3) is 11.8 Å². The van der Waals surface area contributed by atoms with E-state index in [1.54, 1.807) is 17.0 Å². The van der Waals surface area contributed by atoms with E-state index in [9.17, 15) is 18.8 Å². The van der Waals surface area contributed by atoms with Gasteiger partial charge in [0.05, 0.1) is 0 Å². The largest absolute Gasteiger partial charge is 0.368 e. The molecule has 0 unspecified atom stereocenters. The first kappa shape index (κ1) is 15.3. The van der Waals surface area contributed by atoms with Crippen LogP contribution in [0.3, 0.4) is 0 Å². The van der Waals surface area contributed by atoms with Crippen molar-refractivity contribution in [2.24, 2.45) is 5.92 Å². The molecular weight excluding hydrogens is 303 g/mol. The predicted molar refractivity (Wildman–Crippen MR) is 79.6 cm³/mol. The molecule has 2 aliphatic heterocycles. The third-order valence-corrected chi connectivity index (χ3v) is 4.14. The first-order chi connectivity index (χ1) is 11.0. The summed E-state index contributed by atoms with van der Waals surface area (Å²) in [6.45, 7) is 2.26. The van der Waals surface area contributed by atoms with Gasteiger partial charge in [0.1, 0.15) is 11.7 Å². The molecule has 1 aromatic carbocycles. The maximum Gasteiger partial charge on any atom is 0.251 e. The number of nitrogens with one attached hydrogen (secondary N) is 2. The topological polar surface area (TPSA) is 81.8 Å². The van der Waals surface area contributed by atoms with Crippen LogP contribution < -0.4 is 15.8 Å². The quantitative estimate of drug-likeness (QED) is 0.746. The Bertz CT molecular complexity index is 610. The van der Waals surface area contributed by atoms with Gasteiger partial charge in [-0.1, -0.05) is 0 Å². The molecule has 3 rings (SSSR count). The average Bonchev–Trinajstić information content (AvgIpc) is 2.87. The van der Waals surface area contributed by atoms with Crippen LogP contribution in [0.4, 0.5) is 10.1 Å². The summed E-state index contributed by atoms with van der Waals surface area (Å²) in [4.78, 5) is 38.9. The lowest BCUT2D eigenvalue weighted by molar-refractivity contribution is -0.138. The van der Waals surface area contributed by atoms with Crippen LogP contribution in [0.5, 0.6) is 0 Å². The van der Waals surface area contributed by atoms with Gasteiger partial charge in [0.2, 0.25) is 5.91 Å². The summed E-state index contributed by atoms with van der Waals surface area (Å²) < 4.78 is 12.9. The highest BCUT2D eigenvalue weighted by atomic mass is 19.1. The molecule has 0 atom stereocenters. The molecule has 3 amide bonds. The molecule has 23 heavy (non-hydrogen) atoms. The molecule has 0 aliphatic carbocycles. The van der Waals surface area contributed by atoms with Gasteiger partial charge < -0.3 is 9.80 Å². The molecule has 7 nitrogen and oxygen atoms in total. The smallest absolute Gasteiger partial charge is 0.251 e. The molecule has 8 heteroatoms. The van der Waals surface area contributed by atoms with Gasteiger partial charge in [-0.05, 0) is 24.3 Å². The van der Waals surface area contributed by atoms with Gasteiger partial charge in [-0.25, -0.2) is 4.39 Å². The Morgan fingerprint density at radius 3 is 2.17 bits per heavy atom. The molecule has 2 saturated heterocycles. The van der Waals surface area contributed by atoms with Crippen molar-refractivity contribution in [3.05, 3.63) is 30.1 Å². The van der Waals surface area contributed by atoms with Gasteiger partial charge in [0.15, 0.2) is 0 Å². The number of halogens is 1. The maximum absolute atomic E-state index is 12.9. The molecule has 2 N–H and O–H groups in total. The second-order valence-corrected chi connectivity index (χ2v) is 5.58. The molecule has 0 spiro atoms. The zero-order valence-electron chi connectivity index (χ0n) is 12.4. The number of nitrogens with zero attached hydrogens (tertiary/aromatic N) is 2. The van der Waals surface area contributed by atoms with E-state index in [0.29, 0.717) is 26.2 Å². The van der Waals surface area contributed by atoms with Gasteiger partial charge in [-0.15, -0.1) is 0 Å². The fourth-order valence-corrected chi connectivity index (χ4v) is 2.77. The number of anilines is 1. The van der Waals surface area contributed by atoms with Gasteiger partial charge in [-0.2, -0.15) is 0 Å². The van der Waals surface area contributed by atoms with E-state index < -0.39 is 17.7 Å². The summed E-state index contributed by atoms with van der Waals surface area (Å²) in [6, 6.07) is 6.23. The molecule has 0 bridgehead atoms. The van der Waals surface area contributed by atoms with Crippen LogP contribution in [-0.2, 0) is 14.4 Å². The number of carbonyl (C=O) groups is 3. The van der Waals surface area contributed by atoms with E-state index in [4.69, 9.17) is 0 Å². The molecule has 0 saturated carbocycles. The standard InChI is InChI=1S/C15H17FN4O3/c16-10-1-3-11(4-2-10)19-5-7-20(8-6-19)13(21)9-12-14(22)17-18-15(12)23/h1-4,12H,5-9H2,(H,17,22)(H,18,23). The van der Waals surface area contributed by atoms with Gasteiger partial charge in [-0.3, -0.25) is 25.2 Å². The van der Waals surface area contributed by atoms with Crippen molar-refractivity contribution in [3.63, 3.8) is 0 Å². The normalized spacial score (nSPS) is 18.8. The fraction of sp³-hybridized carbons (Fsp3) is 0.400. The van der Waals surface area contributed by atoms with Crippen molar-refractivity contribution in [1.29, 1.82) is 0 Å². The van der Waals surface area contributed by atoms with Crippen molar-refractivity contribution < 1.29 is 18.8 Å². The van der Waals surface area contributed by atoms with E-state index in [-0.39, 0.29) is 18.1 Å². The first-order valence-corrected chi connectivity index (χ1v) is 7.42. The predicted octanol–water partition coefficient (Wildman–Crippen LogP) is -0.358. The second-order valence-electron chi connectivity index (χ2n) is 5.58. The number of hydrazine groups is 1. The zero-order chi connectivity index (χ0) is 16.4. The van der Waals surface area contributed by atoms with Crippen molar-refractivity contribution in [1.82, 2.24) is 15.8 Å². The highest BCUT2D eigenvalue weighted by molar-refractivity contribution is 6.07. The Morgan fingerprint density at radius 2 is 1.61 bits per heavy atom. The van der Waals surface area contributed by atoms with E-state index in [1.165, 1.54) is 12.1 Å². The number of hydrogen-bond donors (Lipinski definition) is 2. The van der Waals surface area contributed by atoms with Gasteiger partial charge >= 0.3 is 0 Å². The van der Waals surface area contributed by atoms with Crippen LogP contribution >= 0.6 is 0 Å². The SMILES string of the molecule is O=C1NNC(=O)C1CC(=O)N1CCN(c2ccc(F)cc2)CC1. The number of rotatable bonds is 3. The fourth-order valence-electron chi connectivity index (χ4n) is 2.77. The summed E-state index contributed by atoms with van der Waals surface area (Å²) in [7, 11) is 0. The zero-order valence-corrected chi connectivity index (χ0v) is 12.4. The molecule has 0 aromatic heterocycles. The molecular formula is C15H17FN4O3. The summed E-state index contributed by atoms with van der Waals surface area (Å²) >= 11 is 0. The van der Waals surface area contributed by atoms with E-state index in [2.05, 4.69) is 15.8 Å². The monoisotopic (exact) mass is 320 g/mol. The Hall–Kier alpha value is -2.64. The summed E-state index contributed by atoms with van der Waals surface area (Å²) in [5, 5.41) is 0. The third-order valence-electron chi connectivity index (χ3n) is 4.14. The lowest BCUT2D eigenvalue weighted by Crippen LogP contribution is -2.49. The maximum atomic E-state index is 12.9. The minimum absolute atomic E-state index is 0.117. The molecule has 122 valence electrons. The summed E-state index contributed by atoms with van der Waals surface area (Å²) in [5.74, 6) is -2.36. The van der Waals surface area contributed by atoms with Crippen molar-refractivity contribution in [2.75, 3.05) is 31.1 Å². The number of carbonyl (C=O) groups excluding carboxylic acids is 3. The van der Waals surface area contributed by atoms with E-state index in [1.807, 2.05) is 0 Å². The van der Waals surface area contributed by atoms with Crippen LogP contribution in [0.25, 0.3) is 0 Å². The van der Waals surface area contributed by atoms with Crippen LogP contribution in [-0.4, -0.2) is 48.8 Å². The number of amides is 3. The van der Waals surface area contributed by atoms with Crippen LogP contribution in [0.15, 0.2) is 24.3 Å². The van der Waals surface area contributed by atoms with Crippen molar-refractivity contribution >= 4 is 23.4 Å². The molecule has 2 heterocycles. The lowest BCUT2D eigenvalue weighted by Gasteiger charge is -2.36. The molecule has 1 aromatic rings. The first-order valence-electron chi connectivity index (χ1n) is 7.42. The Kier molecular flexibility index (Phi) is 4.14. The highest BCUT2D eigenvalue weighted by Crippen LogP contribution is 2.18. The number of benzene rings is 1. The Labute approximate surface area is 132 Å². The Balaban J connectivity index is 1.54. The number of piperazine rings is 1. The van der Waals surface area contributed by atoms with Crippen molar-refractivity contribution in [3.8, 4) is 0 Å². The summed E-state index contributed by atoms with van der Waals surface area (Å²) in [6.07, 6.45) is -0.117. The van der Waals surface area contributed by atoms with E-state index >= 15 is 0 Å². The molecule has 0 radical (unpaired) electrons. The van der Waals surface area contributed by atoms with Crippen LogP contribution in [0, 0.1) is 11.7 Å². The highest BCUT2D eigenvalue weighted by Gasteiger charge is 2.36. The minimum atomic E-state index is -0.947. The average molecular weight is 320 g/mol. The summed E-state index contributed by atoms with van der Waals surface area (Å²) in [5.41, 5.74) is 5.34. The van der Waals surface area contributed by atoms with Crippen LogP contribution in [0.2, 0.25) is 0 Å². The molecule has 2 fully saturated rings. The minimum Gasteiger partial charge on any atom is -0.368 e. The number of hydrogen-bond acceptors (Lipinski definition) is 4. The molecule has 2 aliphatic rings. The second kappa shape index (κ2) is 6.23. The van der Waals surface area contributed by atoms with Crippen molar-refractivity contribution in [2.45, 2.75) is 6.42 Å². The Morgan fingerprint density at radius 1 is 1.04 bits per heavy atom. The lowest BCUT2D eigenvalue weighted by atomic mass is 10.0. The van der Waals surface area contributed by atoms with Crippen LogP contribution in [0.1, 0.15) is 6.42 Å². The van der Waals surface area contributed by atoms with E-state index in [0.717, 1.165) is 5.69 Å². The third kappa shape index (κ3) is 3.25. The van der Waals surface area contributed by atoms with Gasteiger partial charge in [0, 0.05) is 38.3 Å².